The Kier molecular flexibility index (Phi) is 2.78. The van der Waals surface area contributed by atoms with Crippen LogP contribution in [-0.4, -0.2) is 22.0 Å². The quantitative estimate of drug-likeness (QED) is 0.482. The first-order valence-electron chi connectivity index (χ1n) is 3.33. The van der Waals surface area contributed by atoms with Crippen LogP contribution in [0.2, 0.25) is 0 Å². The second-order valence-electron chi connectivity index (χ2n) is 1.95. The molecule has 5 nitrogen and oxygen atoms in total. The van der Waals surface area contributed by atoms with E-state index < -0.39 is 0 Å². The lowest BCUT2D eigenvalue weighted by Gasteiger charge is -1.95. The molecule has 0 saturated carbocycles. The SMILES string of the molecule is N=C/C=C\N=C(N)n1cccn1. The number of nitrogens with zero attached hydrogens (tertiary/aromatic N) is 3. The zero-order valence-corrected chi connectivity index (χ0v) is 6.38. The van der Waals surface area contributed by atoms with Gasteiger partial charge >= 0.3 is 0 Å². The van der Waals surface area contributed by atoms with Crippen LogP contribution in [0.15, 0.2) is 35.7 Å². The lowest BCUT2D eigenvalue weighted by molar-refractivity contribution is 0.920. The number of hydrogen-bond donors (Lipinski definition) is 2. The number of aliphatic imine (C=N–C) groups is 1. The van der Waals surface area contributed by atoms with Crippen molar-refractivity contribution >= 4 is 12.2 Å². The smallest absolute Gasteiger partial charge is 0.221 e. The number of rotatable bonds is 2. The minimum atomic E-state index is 0.276. The maximum atomic E-state index is 6.68. The van der Waals surface area contributed by atoms with Gasteiger partial charge in [0.05, 0.1) is 0 Å². The van der Waals surface area contributed by atoms with Crippen molar-refractivity contribution in [1.29, 1.82) is 5.41 Å². The summed E-state index contributed by atoms with van der Waals surface area (Å²) in [6, 6.07) is 1.75. The highest BCUT2D eigenvalue weighted by Crippen LogP contribution is 1.82. The molecule has 0 aliphatic heterocycles. The molecule has 1 aromatic rings. The molecule has 0 amide bonds. The number of allylic oxidation sites excluding steroid dienone is 1. The third kappa shape index (κ3) is 2.05. The summed E-state index contributed by atoms with van der Waals surface area (Å²) in [5.41, 5.74) is 5.50. The normalized spacial score (nSPS) is 12.2. The molecule has 0 bridgehead atoms. The van der Waals surface area contributed by atoms with Crippen LogP contribution >= 0.6 is 0 Å². The lowest BCUT2D eigenvalue weighted by atomic mass is 10.7. The summed E-state index contributed by atoms with van der Waals surface area (Å²) >= 11 is 0. The van der Waals surface area contributed by atoms with E-state index in [1.807, 2.05) is 0 Å². The lowest BCUT2D eigenvalue weighted by Crippen LogP contribution is -2.22. The molecule has 1 aromatic heterocycles. The van der Waals surface area contributed by atoms with Crippen LogP contribution in [0.5, 0.6) is 0 Å². The fourth-order valence-electron chi connectivity index (χ4n) is 0.626. The molecule has 62 valence electrons. The molecule has 0 atom stereocenters. The Morgan fingerprint density at radius 2 is 2.50 bits per heavy atom. The molecular weight excluding hydrogens is 154 g/mol. The Balaban J connectivity index is 2.71. The molecule has 0 unspecified atom stereocenters. The van der Waals surface area contributed by atoms with Crippen molar-refractivity contribution in [3.05, 3.63) is 30.7 Å². The van der Waals surface area contributed by atoms with Gasteiger partial charge in [0, 0.05) is 24.8 Å². The highest BCUT2D eigenvalue weighted by Gasteiger charge is 1.91. The highest BCUT2D eigenvalue weighted by atomic mass is 15.3. The van der Waals surface area contributed by atoms with Gasteiger partial charge in [-0.3, -0.25) is 0 Å². The molecule has 1 rings (SSSR count). The summed E-state index contributed by atoms with van der Waals surface area (Å²) in [5.74, 6) is 0.276. The van der Waals surface area contributed by atoms with Crippen molar-refractivity contribution in [3.8, 4) is 0 Å². The second kappa shape index (κ2) is 4.07. The predicted octanol–water partition coefficient (Wildman–Crippen LogP) is 0.209. The molecule has 0 saturated heterocycles. The average Bonchev–Trinajstić information content (AvgIpc) is 2.56. The van der Waals surface area contributed by atoms with Gasteiger partial charge in [-0.2, -0.15) is 5.10 Å². The first-order chi connectivity index (χ1) is 5.84. The van der Waals surface area contributed by atoms with Gasteiger partial charge in [-0.1, -0.05) is 0 Å². The summed E-state index contributed by atoms with van der Waals surface area (Å²) in [4.78, 5) is 3.82. The molecule has 0 spiro atoms. The monoisotopic (exact) mass is 163 g/mol. The molecular formula is C7H9N5. The maximum Gasteiger partial charge on any atom is 0.221 e. The average molecular weight is 163 g/mol. The Morgan fingerprint density at radius 3 is 3.08 bits per heavy atom. The van der Waals surface area contributed by atoms with Crippen molar-refractivity contribution in [2.75, 3.05) is 0 Å². The minimum absolute atomic E-state index is 0.276. The number of nitrogens with one attached hydrogen (secondary N) is 1. The van der Waals surface area contributed by atoms with E-state index in [4.69, 9.17) is 11.1 Å². The minimum Gasteiger partial charge on any atom is -0.368 e. The summed E-state index contributed by atoms with van der Waals surface area (Å²) in [6.07, 6.45) is 7.33. The number of nitrogens with two attached hydrogens (primary N) is 1. The standard InChI is InChI=1S/C7H9N5/c8-3-1-4-10-7(9)12-6-2-5-11-12/h1-6,8H,(H2,9,10)/b4-1-,8-3?. The summed E-state index contributed by atoms with van der Waals surface area (Å²) in [5, 5.41) is 10.5. The maximum absolute atomic E-state index is 6.68. The van der Waals surface area contributed by atoms with Crippen LogP contribution in [0.1, 0.15) is 0 Å². The molecule has 0 fully saturated rings. The zero-order valence-electron chi connectivity index (χ0n) is 6.38. The highest BCUT2D eigenvalue weighted by molar-refractivity contribution is 5.80. The zero-order chi connectivity index (χ0) is 8.81. The Bertz CT molecular complexity index is 296. The van der Waals surface area contributed by atoms with Crippen LogP contribution in [0.25, 0.3) is 0 Å². The molecule has 1 heterocycles. The van der Waals surface area contributed by atoms with E-state index in [1.54, 1.807) is 18.5 Å². The van der Waals surface area contributed by atoms with E-state index in [-0.39, 0.29) is 5.96 Å². The van der Waals surface area contributed by atoms with Crippen LogP contribution < -0.4 is 5.73 Å². The van der Waals surface area contributed by atoms with Crippen molar-refractivity contribution in [2.45, 2.75) is 0 Å². The van der Waals surface area contributed by atoms with E-state index in [0.717, 1.165) is 6.21 Å². The molecule has 5 heteroatoms. The molecule has 12 heavy (non-hydrogen) atoms. The Morgan fingerprint density at radius 1 is 1.67 bits per heavy atom. The molecule has 0 aliphatic rings. The number of aromatic nitrogens is 2. The van der Waals surface area contributed by atoms with Gasteiger partial charge in [0.15, 0.2) is 0 Å². The van der Waals surface area contributed by atoms with Crippen LogP contribution in [-0.2, 0) is 0 Å². The van der Waals surface area contributed by atoms with Gasteiger partial charge in [0.1, 0.15) is 0 Å². The third-order valence-corrected chi connectivity index (χ3v) is 1.13. The summed E-state index contributed by atoms with van der Waals surface area (Å²) < 4.78 is 1.44. The van der Waals surface area contributed by atoms with Crippen LogP contribution in [0.4, 0.5) is 0 Å². The fourth-order valence-corrected chi connectivity index (χ4v) is 0.626. The molecule has 0 radical (unpaired) electrons. The van der Waals surface area contributed by atoms with E-state index >= 15 is 0 Å². The Hall–Kier alpha value is -1.91. The first kappa shape index (κ1) is 8.19. The fraction of sp³-hybridized carbons (Fsp3) is 0. The largest absolute Gasteiger partial charge is 0.368 e. The molecule has 3 N–H and O–H groups in total. The van der Waals surface area contributed by atoms with E-state index in [9.17, 15) is 0 Å². The van der Waals surface area contributed by atoms with Gasteiger partial charge in [-0.15, -0.1) is 0 Å². The third-order valence-electron chi connectivity index (χ3n) is 1.13. The van der Waals surface area contributed by atoms with Gasteiger partial charge < -0.3 is 11.1 Å². The van der Waals surface area contributed by atoms with Crippen molar-refractivity contribution in [2.24, 2.45) is 10.7 Å². The predicted molar refractivity (Wildman–Crippen MR) is 47.2 cm³/mol. The Labute approximate surface area is 69.7 Å². The summed E-state index contributed by atoms with van der Waals surface area (Å²) in [6.45, 7) is 0. The van der Waals surface area contributed by atoms with Crippen molar-refractivity contribution in [3.63, 3.8) is 0 Å². The molecule has 0 aliphatic carbocycles. The van der Waals surface area contributed by atoms with Crippen LogP contribution in [0.3, 0.4) is 0 Å². The van der Waals surface area contributed by atoms with Gasteiger partial charge in [0.2, 0.25) is 5.96 Å². The number of hydrogen-bond acceptors (Lipinski definition) is 3. The van der Waals surface area contributed by atoms with Crippen molar-refractivity contribution in [1.82, 2.24) is 9.78 Å². The topological polar surface area (TPSA) is 80.0 Å². The first-order valence-corrected chi connectivity index (χ1v) is 3.33. The van der Waals surface area contributed by atoms with E-state index in [0.29, 0.717) is 0 Å². The van der Waals surface area contributed by atoms with Gasteiger partial charge in [0.25, 0.3) is 0 Å². The van der Waals surface area contributed by atoms with E-state index in [2.05, 4.69) is 10.1 Å². The molecule has 0 aromatic carbocycles. The van der Waals surface area contributed by atoms with Crippen LogP contribution in [0, 0.1) is 5.41 Å². The van der Waals surface area contributed by atoms with Crippen molar-refractivity contribution < 1.29 is 0 Å². The van der Waals surface area contributed by atoms with Gasteiger partial charge in [-0.25, -0.2) is 9.67 Å². The second-order valence-corrected chi connectivity index (χ2v) is 1.95. The van der Waals surface area contributed by atoms with E-state index in [1.165, 1.54) is 17.0 Å². The summed E-state index contributed by atoms with van der Waals surface area (Å²) in [7, 11) is 0. The van der Waals surface area contributed by atoms with Gasteiger partial charge in [-0.05, 0) is 12.1 Å².